The van der Waals surface area contributed by atoms with Gasteiger partial charge in [-0.3, -0.25) is 4.79 Å². The fourth-order valence-corrected chi connectivity index (χ4v) is 2.25. The van der Waals surface area contributed by atoms with Gasteiger partial charge in [0.15, 0.2) is 0 Å². The number of aliphatic hydroxyl groups excluding tert-OH is 1. The highest BCUT2D eigenvalue weighted by Crippen LogP contribution is 2.16. The number of ether oxygens (including phenoxy) is 2. The van der Waals surface area contributed by atoms with E-state index in [9.17, 15) is 9.90 Å². The van der Waals surface area contributed by atoms with E-state index in [0.29, 0.717) is 13.0 Å². The Bertz CT molecular complexity index is 359. The van der Waals surface area contributed by atoms with Crippen LogP contribution in [0.4, 0.5) is 0 Å². The van der Waals surface area contributed by atoms with Crippen LogP contribution in [0.25, 0.3) is 0 Å². The summed E-state index contributed by atoms with van der Waals surface area (Å²) in [5, 5.41) is 10.3. The monoisotopic (exact) mass is 282 g/mol. The lowest BCUT2D eigenvalue weighted by Crippen LogP contribution is -2.31. The number of esters is 1. The predicted molar refractivity (Wildman–Crippen MR) is 78.3 cm³/mol. The van der Waals surface area contributed by atoms with Crippen molar-refractivity contribution in [2.24, 2.45) is 5.92 Å². The van der Waals surface area contributed by atoms with Gasteiger partial charge in [-0.1, -0.05) is 25.2 Å². The summed E-state index contributed by atoms with van der Waals surface area (Å²) in [6.07, 6.45) is 8.04. The SMILES string of the molecule is CO[C@H]1C=CCCCCC(=O)OCC(C)=C[C@@H](C)[C@@H]1O. The first kappa shape index (κ1) is 16.9. The maximum atomic E-state index is 11.5. The molecule has 1 aliphatic rings. The lowest BCUT2D eigenvalue weighted by atomic mass is 9.96. The van der Waals surface area contributed by atoms with Crippen LogP contribution in [-0.2, 0) is 14.3 Å². The molecule has 0 aromatic heterocycles. The second-order valence-corrected chi connectivity index (χ2v) is 5.40. The van der Waals surface area contributed by atoms with Crippen molar-refractivity contribution in [3.63, 3.8) is 0 Å². The minimum Gasteiger partial charge on any atom is -0.461 e. The molecule has 0 spiro atoms. The van der Waals surface area contributed by atoms with Crippen LogP contribution in [0.5, 0.6) is 0 Å². The van der Waals surface area contributed by atoms with Crippen molar-refractivity contribution in [3.8, 4) is 0 Å². The Labute approximate surface area is 121 Å². The van der Waals surface area contributed by atoms with E-state index in [4.69, 9.17) is 9.47 Å². The molecule has 1 aliphatic heterocycles. The summed E-state index contributed by atoms with van der Waals surface area (Å²) in [4.78, 5) is 11.5. The van der Waals surface area contributed by atoms with Gasteiger partial charge in [0.1, 0.15) is 12.7 Å². The average Bonchev–Trinajstić information content (AvgIpc) is 2.43. The van der Waals surface area contributed by atoms with Gasteiger partial charge in [-0.15, -0.1) is 0 Å². The fraction of sp³-hybridized carbons (Fsp3) is 0.688. The van der Waals surface area contributed by atoms with Gasteiger partial charge in [-0.2, -0.15) is 0 Å². The van der Waals surface area contributed by atoms with Crippen LogP contribution in [0.2, 0.25) is 0 Å². The molecule has 0 radical (unpaired) electrons. The number of carbonyl (C=O) groups is 1. The molecular weight excluding hydrogens is 256 g/mol. The standard InChI is InChI=1S/C16H26O4/c1-12-10-13(2)16(18)14(19-3)8-6-4-5-7-9-15(17)20-11-12/h6,8,10,13-14,16,18H,4-5,7,9,11H2,1-3H3/t13-,14+,16+/m1/s1. The minimum absolute atomic E-state index is 0.0637. The van der Waals surface area contributed by atoms with E-state index in [2.05, 4.69) is 0 Å². The fourth-order valence-electron chi connectivity index (χ4n) is 2.25. The molecule has 114 valence electrons. The number of carbonyl (C=O) groups excluding carboxylic acids is 1. The average molecular weight is 282 g/mol. The topological polar surface area (TPSA) is 55.8 Å². The molecule has 20 heavy (non-hydrogen) atoms. The highest BCUT2D eigenvalue weighted by atomic mass is 16.5. The molecule has 0 aromatic carbocycles. The third-order valence-electron chi connectivity index (χ3n) is 3.48. The quantitative estimate of drug-likeness (QED) is 0.593. The molecule has 0 saturated carbocycles. The number of allylic oxidation sites excluding steroid dienone is 1. The molecule has 4 heteroatoms. The molecule has 0 unspecified atom stereocenters. The lowest BCUT2D eigenvalue weighted by Gasteiger charge is -2.23. The van der Waals surface area contributed by atoms with Crippen LogP contribution in [0, 0.1) is 5.92 Å². The first-order chi connectivity index (χ1) is 9.54. The molecule has 0 saturated heterocycles. The summed E-state index contributed by atoms with van der Waals surface area (Å²) in [7, 11) is 1.60. The van der Waals surface area contributed by atoms with Gasteiger partial charge in [-0.05, 0) is 31.8 Å². The number of cyclic esters (lactones) is 1. The first-order valence-corrected chi connectivity index (χ1v) is 7.25. The zero-order valence-electron chi connectivity index (χ0n) is 12.7. The second-order valence-electron chi connectivity index (χ2n) is 5.40. The minimum atomic E-state index is -0.607. The number of hydrogen-bond acceptors (Lipinski definition) is 4. The zero-order chi connectivity index (χ0) is 15.0. The summed E-state index contributed by atoms with van der Waals surface area (Å²) in [6.45, 7) is 4.13. The molecule has 0 fully saturated rings. The second kappa shape index (κ2) is 8.93. The van der Waals surface area contributed by atoms with Gasteiger partial charge in [0.2, 0.25) is 0 Å². The third kappa shape index (κ3) is 5.88. The van der Waals surface area contributed by atoms with Crippen LogP contribution in [0.1, 0.15) is 39.5 Å². The largest absolute Gasteiger partial charge is 0.461 e. The van der Waals surface area contributed by atoms with Gasteiger partial charge in [0, 0.05) is 19.4 Å². The summed E-state index contributed by atoms with van der Waals surface area (Å²) in [5.41, 5.74) is 0.945. The normalized spacial score (nSPS) is 30.3. The Morgan fingerprint density at radius 2 is 2.15 bits per heavy atom. The van der Waals surface area contributed by atoms with Crippen molar-refractivity contribution in [2.75, 3.05) is 13.7 Å². The first-order valence-electron chi connectivity index (χ1n) is 7.25. The lowest BCUT2D eigenvalue weighted by molar-refractivity contribution is -0.142. The molecular formula is C16H26O4. The Balaban J connectivity index is 2.78. The van der Waals surface area contributed by atoms with E-state index in [1.54, 1.807) is 7.11 Å². The molecule has 1 heterocycles. The van der Waals surface area contributed by atoms with Crippen molar-refractivity contribution >= 4 is 5.97 Å². The van der Waals surface area contributed by atoms with E-state index >= 15 is 0 Å². The van der Waals surface area contributed by atoms with E-state index in [-0.39, 0.29) is 18.0 Å². The number of rotatable bonds is 1. The highest BCUT2D eigenvalue weighted by molar-refractivity contribution is 5.69. The van der Waals surface area contributed by atoms with E-state index in [1.807, 2.05) is 32.1 Å². The van der Waals surface area contributed by atoms with E-state index in [1.165, 1.54) is 0 Å². The smallest absolute Gasteiger partial charge is 0.306 e. The molecule has 4 nitrogen and oxygen atoms in total. The van der Waals surface area contributed by atoms with E-state index < -0.39 is 6.10 Å². The Hall–Kier alpha value is -1.13. The van der Waals surface area contributed by atoms with Crippen LogP contribution >= 0.6 is 0 Å². The molecule has 0 bridgehead atoms. The number of aliphatic hydroxyl groups is 1. The predicted octanol–water partition coefficient (Wildman–Crippen LogP) is 2.62. The Kier molecular flexibility index (Phi) is 7.55. The molecule has 3 atom stereocenters. The molecule has 1 N–H and O–H groups in total. The van der Waals surface area contributed by atoms with Crippen molar-refractivity contribution < 1.29 is 19.4 Å². The zero-order valence-corrected chi connectivity index (χ0v) is 12.7. The van der Waals surface area contributed by atoms with Crippen LogP contribution in [-0.4, -0.2) is 37.0 Å². The molecule has 0 amide bonds. The summed E-state index contributed by atoms with van der Waals surface area (Å²) in [5.74, 6) is -0.215. The number of hydrogen-bond donors (Lipinski definition) is 1. The maximum Gasteiger partial charge on any atom is 0.306 e. The Morgan fingerprint density at radius 1 is 1.40 bits per heavy atom. The Morgan fingerprint density at radius 3 is 2.85 bits per heavy atom. The van der Waals surface area contributed by atoms with Crippen LogP contribution in [0.3, 0.4) is 0 Å². The third-order valence-corrected chi connectivity index (χ3v) is 3.48. The van der Waals surface area contributed by atoms with Gasteiger partial charge < -0.3 is 14.6 Å². The van der Waals surface area contributed by atoms with Crippen molar-refractivity contribution in [1.29, 1.82) is 0 Å². The maximum absolute atomic E-state index is 11.5. The summed E-state index contributed by atoms with van der Waals surface area (Å²) >= 11 is 0. The summed E-state index contributed by atoms with van der Waals surface area (Å²) in [6, 6.07) is 0. The van der Waals surface area contributed by atoms with Gasteiger partial charge in [0.25, 0.3) is 0 Å². The van der Waals surface area contributed by atoms with Gasteiger partial charge in [0.05, 0.1) is 6.10 Å². The van der Waals surface area contributed by atoms with Crippen LogP contribution in [0.15, 0.2) is 23.8 Å². The van der Waals surface area contributed by atoms with Crippen molar-refractivity contribution in [3.05, 3.63) is 23.8 Å². The molecule has 1 rings (SSSR count). The van der Waals surface area contributed by atoms with Crippen molar-refractivity contribution in [1.82, 2.24) is 0 Å². The summed E-state index contributed by atoms with van der Waals surface area (Å²) < 4.78 is 10.5. The van der Waals surface area contributed by atoms with Crippen molar-refractivity contribution in [2.45, 2.75) is 51.7 Å². The van der Waals surface area contributed by atoms with Gasteiger partial charge in [-0.25, -0.2) is 0 Å². The van der Waals surface area contributed by atoms with Gasteiger partial charge >= 0.3 is 5.97 Å². The van der Waals surface area contributed by atoms with E-state index in [0.717, 1.165) is 24.8 Å². The van der Waals surface area contributed by atoms with Crippen LogP contribution < -0.4 is 0 Å². The number of methoxy groups -OCH3 is 1. The molecule has 0 aromatic rings. The highest BCUT2D eigenvalue weighted by Gasteiger charge is 2.21. The molecule has 0 aliphatic carbocycles.